The number of hydrogen-bond donors (Lipinski definition) is 0. The Morgan fingerprint density at radius 2 is 1.94 bits per heavy atom. The fraction of sp³-hybridized carbons (Fsp3) is 0.385. The van der Waals surface area contributed by atoms with Crippen molar-refractivity contribution in [2.24, 2.45) is 0 Å². The van der Waals surface area contributed by atoms with Crippen molar-refractivity contribution in [3.05, 3.63) is 41.2 Å². The molecule has 0 radical (unpaired) electrons. The second-order valence-corrected chi connectivity index (χ2v) is 4.44. The van der Waals surface area contributed by atoms with Crippen LogP contribution in [0.15, 0.2) is 24.5 Å². The first-order chi connectivity index (χ1) is 7.61. The summed E-state index contributed by atoms with van der Waals surface area (Å²) in [5.74, 6) is 0.485. The van der Waals surface area contributed by atoms with Crippen molar-refractivity contribution in [1.29, 1.82) is 0 Å². The monoisotopic (exact) mass is 215 g/mol. The van der Waals surface area contributed by atoms with Crippen molar-refractivity contribution in [1.82, 2.24) is 15.0 Å². The van der Waals surface area contributed by atoms with E-state index in [1.54, 1.807) is 6.20 Å². The van der Waals surface area contributed by atoms with Crippen LogP contribution >= 0.6 is 0 Å². The van der Waals surface area contributed by atoms with Gasteiger partial charge in [0.05, 0.1) is 18.1 Å². The van der Waals surface area contributed by atoms with Crippen molar-refractivity contribution < 1.29 is 0 Å². The van der Waals surface area contributed by atoms with Crippen molar-refractivity contribution in [2.45, 2.75) is 33.6 Å². The van der Waals surface area contributed by atoms with E-state index in [0.29, 0.717) is 5.92 Å². The zero-order valence-electron chi connectivity index (χ0n) is 10.2. The van der Waals surface area contributed by atoms with Crippen LogP contribution < -0.4 is 0 Å². The van der Waals surface area contributed by atoms with Crippen molar-refractivity contribution >= 4 is 0 Å². The Labute approximate surface area is 96.1 Å². The summed E-state index contributed by atoms with van der Waals surface area (Å²) in [5.41, 5.74) is 5.16. The number of nitrogens with zero attached hydrogens (tertiary/aromatic N) is 3. The topological polar surface area (TPSA) is 30.7 Å². The molecule has 16 heavy (non-hydrogen) atoms. The lowest BCUT2D eigenvalue weighted by Crippen LogP contribution is -2.05. The van der Waals surface area contributed by atoms with E-state index < -0.39 is 0 Å². The van der Waals surface area contributed by atoms with Crippen LogP contribution in [-0.4, -0.2) is 15.0 Å². The lowest BCUT2D eigenvalue weighted by atomic mass is 9.93. The SMILES string of the molecule is Cc1ccc(-n2ccnn2)c(C(C)C)c1C. The molecule has 0 unspecified atom stereocenters. The molecular weight excluding hydrogens is 198 g/mol. The Bertz CT molecular complexity index is 484. The quantitative estimate of drug-likeness (QED) is 0.771. The molecule has 0 aliphatic rings. The van der Waals surface area contributed by atoms with Crippen LogP contribution in [0.1, 0.15) is 36.5 Å². The summed E-state index contributed by atoms with van der Waals surface area (Å²) >= 11 is 0. The zero-order chi connectivity index (χ0) is 11.7. The van der Waals surface area contributed by atoms with Gasteiger partial charge < -0.3 is 0 Å². The fourth-order valence-corrected chi connectivity index (χ4v) is 2.09. The van der Waals surface area contributed by atoms with Crippen molar-refractivity contribution in [3.63, 3.8) is 0 Å². The van der Waals surface area contributed by atoms with E-state index in [4.69, 9.17) is 0 Å². The van der Waals surface area contributed by atoms with Crippen LogP contribution in [0.4, 0.5) is 0 Å². The zero-order valence-corrected chi connectivity index (χ0v) is 10.2. The molecule has 3 nitrogen and oxygen atoms in total. The third-order valence-corrected chi connectivity index (χ3v) is 3.01. The average Bonchev–Trinajstić information content (AvgIpc) is 2.74. The summed E-state index contributed by atoms with van der Waals surface area (Å²) in [5, 5.41) is 7.93. The van der Waals surface area contributed by atoms with Gasteiger partial charge in [-0.25, -0.2) is 4.68 Å². The van der Waals surface area contributed by atoms with E-state index in [9.17, 15) is 0 Å². The summed E-state index contributed by atoms with van der Waals surface area (Å²) in [6, 6.07) is 4.25. The molecule has 2 aromatic rings. The first-order valence-corrected chi connectivity index (χ1v) is 5.58. The third-order valence-electron chi connectivity index (χ3n) is 3.01. The van der Waals surface area contributed by atoms with Crippen LogP contribution in [0.3, 0.4) is 0 Å². The second kappa shape index (κ2) is 4.08. The van der Waals surface area contributed by atoms with Gasteiger partial charge in [-0.1, -0.05) is 25.1 Å². The molecule has 0 saturated heterocycles. The molecular formula is C13H17N3. The van der Waals surface area contributed by atoms with Gasteiger partial charge in [-0.15, -0.1) is 5.10 Å². The van der Waals surface area contributed by atoms with E-state index in [0.717, 1.165) is 5.69 Å². The van der Waals surface area contributed by atoms with Gasteiger partial charge in [0, 0.05) is 0 Å². The average molecular weight is 215 g/mol. The van der Waals surface area contributed by atoms with E-state index in [1.807, 2.05) is 10.9 Å². The molecule has 1 heterocycles. The van der Waals surface area contributed by atoms with Crippen LogP contribution in [0, 0.1) is 13.8 Å². The minimum absolute atomic E-state index is 0.485. The standard InChI is InChI=1S/C13H17N3/c1-9(2)13-11(4)10(3)5-6-12(13)16-8-7-14-15-16/h5-9H,1-4H3. The number of hydrogen-bond acceptors (Lipinski definition) is 2. The van der Waals surface area contributed by atoms with Gasteiger partial charge in [0.25, 0.3) is 0 Å². The second-order valence-electron chi connectivity index (χ2n) is 4.44. The third kappa shape index (κ3) is 1.73. The molecule has 0 aliphatic carbocycles. The van der Waals surface area contributed by atoms with Gasteiger partial charge in [0.15, 0.2) is 0 Å². The Morgan fingerprint density at radius 3 is 2.50 bits per heavy atom. The van der Waals surface area contributed by atoms with E-state index in [2.05, 4.69) is 50.1 Å². The maximum absolute atomic E-state index is 4.07. The summed E-state index contributed by atoms with van der Waals surface area (Å²) in [6.07, 6.45) is 3.59. The van der Waals surface area contributed by atoms with E-state index in [-0.39, 0.29) is 0 Å². The number of benzene rings is 1. The molecule has 3 heteroatoms. The lowest BCUT2D eigenvalue weighted by molar-refractivity contribution is 0.765. The summed E-state index contributed by atoms with van der Waals surface area (Å²) in [6.45, 7) is 8.74. The van der Waals surface area contributed by atoms with Crippen LogP contribution in [-0.2, 0) is 0 Å². The van der Waals surface area contributed by atoms with Crippen molar-refractivity contribution in [3.8, 4) is 5.69 Å². The molecule has 0 atom stereocenters. The smallest absolute Gasteiger partial charge is 0.0700 e. The maximum Gasteiger partial charge on any atom is 0.0700 e. The van der Waals surface area contributed by atoms with Gasteiger partial charge in [-0.2, -0.15) is 0 Å². The molecule has 0 bridgehead atoms. The van der Waals surface area contributed by atoms with Gasteiger partial charge in [0.2, 0.25) is 0 Å². The molecule has 1 aromatic heterocycles. The van der Waals surface area contributed by atoms with Gasteiger partial charge in [-0.3, -0.25) is 0 Å². The molecule has 0 fully saturated rings. The summed E-state index contributed by atoms with van der Waals surface area (Å²) < 4.78 is 1.84. The van der Waals surface area contributed by atoms with Crippen LogP contribution in [0.5, 0.6) is 0 Å². The number of aryl methyl sites for hydroxylation is 1. The fourth-order valence-electron chi connectivity index (χ4n) is 2.09. The molecule has 2 rings (SSSR count). The van der Waals surface area contributed by atoms with Crippen molar-refractivity contribution in [2.75, 3.05) is 0 Å². The van der Waals surface area contributed by atoms with E-state index >= 15 is 0 Å². The predicted molar refractivity (Wildman–Crippen MR) is 64.9 cm³/mol. The number of aromatic nitrogens is 3. The highest BCUT2D eigenvalue weighted by Gasteiger charge is 2.13. The van der Waals surface area contributed by atoms with Gasteiger partial charge in [-0.05, 0) is 42.5 Å². The van der Waals surface area contributed by atoms with Gasteiger partial charge in [0.1, 0.15) is 0 Å². The maximum atomic E-state index is 4.07. The van der Waals surface area contributed by atoms with E-state index in [1.165, 1.54) is 16.7 Å². The van der Waals surface area contributed by atoms with Gasteiger partial charge >= 0.3 is 0 Å². The minimum atomic E-state index is 0.485. The summed E-state index contributed by atoms with van der Waals surface area (Å²) in [7, 11) is 0. The Kier molecular flexibility index (Phi) is 2.77. The molecule has 0 amide bonds. The molecule has 1 aromatic carbocycles. The minimum Gasteiger partial charge on any atom is -0.220 e. The first-order valence-electron chi connectivity index (χ1n) is 5.58. The molecule has 0 aliphatic heterocycles. The highest BCUT2D eigenvalue weighted by Crippen LogP contribution is 2.28. The Hall–Kier alpha value is -1.64. The normalized spacial score (nSPS) is 11.1. The van der Waals surface area contributed by atoms with Crippen LogP contribution in [0.25, 0.3) is 5.69 Å². The molecule has 0 N–H and O–H groups in total. The highest BCUT2D eigenvalue weighted by molar-refractivity contribution is 5.50. The molecule has 0 saturated carbocycles. The first kappa shape index (κ1) is 10.9. The molecule has 84 valence electrons. The Morgan fingerprint density at radius 1 is 1.19 bits per heavy atom. The number of rotatable bonds is 2. The highest BCUT2D eigenvalue weighted by atomic mass is 15.4. The van der Waals surface area contributed by atoms with Crippen LogP contribution in [0.2, 0.25) is 0 Å². The molecule has 0 spiro atoms. The lowest BCUT2D eigenvalue weighted by Gasteiger charge is -2.17. The summed E-state index contributed by atoms with van der Waals surface area (Å²) in [4.78, 5) is 0. The Balaban J connectivity index is 2.66. The predicted octanol–water partition coefficient (Wildman–Crippen LogP) is 3.01. The largest absolute Gasteiger partial charge is 0.220 e.